The minimum atomic E-state index is -0.509. The van der Waals surface area contributed by atoms with E-state index in [0.29, 0.717) is 10.8 Å². The van der Waals surface area contributed by atoms with Crippen molar-refractivity contribution in [2.75, 3.05) is 13.9 Å². The second-order valence-electron chi connectivity index (χ2n) is 5.82. The first-order valence-electron chi connectivity index (χ1n) is 6.54. The van der Waals surface area contributed by atoms with Crippen LogP contribution in [0.1, 0.15) is 27.7 Å². The van der Waals surface area contributed by atoms with Crippen LogP contribution in [0.3, 0.4) is 0 Å². The Bertz CT molecular complexity index is 474. The Labute approximate surface area is 125 Å². The summed E-state index contributed by atoms with van der Waals surface area (Å²) in [5, 5.41) is 0.611. The summed E-state index contributed by atoms with van der Waals surface area (Å²) in [6.45, 7) is 8.19. The number of methoxy groups -OCH3 is 1. The molecule has 1 fully saturated rings. The van der Waals surface area contributed by atoms with E-state index in [2.05, 4.69) is 0 Å². The minimum absolute atomic E-state index is 0.161. The van der Waals surface area contributed by atoms with Crippen molar-refractivity contribution < 1.29 is 18.8 Å². The predicted octanol–water partition coefficient (Wildman–Crippen LogP) is 2.62. The first kappa shape index (κ1) is 15.6. The van der Waals surface area contributed by atoms with Crippen molar-refractivity contribution in [3.63, 3.8) is 0 Å². The summed E-state index contributed by atoms with van der Waals surface area (Å²) in [5.41, 5.74) is -0.0370. The van der Waals surface area contributed by atoms with Crippen molar-refractivity contribution in [2.45, 2.75) is 38.9 Å². The lowest BCUT2D eigenvalue weighted by Gasteiger charge is -2.32. The van der Waals surface area contributed by atoms with E-state index in [0.717, 1.165) is 5.46 Å². The molecular formula is C14H20BClO4. The minimum Gasteiger partial charge on any atom is -0.468 e. The molecule has 20 heavy (non-hydrogen) atoms. The molecule has 1 heterocycles. The molecule has 6 heteroatoms. The van der Waals surface area contributed by atoms with Gasteiger partial charge >= 0.3 is 7.12 Å². The van der Waals surface area contributed by atoms with Gasteiger partial charge in [-0.2, -0.15) is 0 Å². The third-order valence-corrected chi connectivity index (χ3v) is 4.05. The molecule has 0 aromatic heterocycles. The first-order valence-corrected chi connectivity index (χ1v) is 6.91. The largest absolute Gasteiger partial charge is 0.498 e. The number of halogens is 1. The summed E-state index contributed by atoms with van der Waals surface area (Å²) in [6, 6.07) is 5.36. The van der Waals surface area contributed by atoms with E-state index in [1.807, 2.05) is 27.7 Å². The predicted molar refractivity (Wildman–Crippen MR) is 79.7 cm³/mol. The van der Waals surface area contributed by atoms with Gasteiger partial charge in [0.25, 0.3) is 0 Å². The fourth-order valence-corrected chi connectivity index (χ4v) is 2.11. The van der Waals surface area contributed by atoms with Crippen LogP contribution in [-0.2, 0) is 14.0 Å². The summed E-state index contributed by atoms with van der Waals surface area (Å²) in [7, 11) is 1.07. The number of benzene rings is 1. The second-order valence-corrected chi connectivity index (χ2v) is 6.26. The zero-order valence-corrected chi connectivity index (χ0v) is 13.3. The van der Waals surface area contributed by atoms with Crippen LogP contribution in [0.2, 0.25) is 5.02 Å². The normalized spacial score (nSPS) is 20.2. The highest BCUT2D eigenvalue weighted by atomic mass is 35.5. The fraction of sp³-hybridized carbons (Fsp3) is 0.571. The van der Waals surface area contributed by atoms with Gasteiger partial charge in [-0.15, -0.1) is 0 Å². The molecule has 1 saturated heterocycles. The molecule has 4 nitrogen and oxygen atoms in total. The number of hydrogen-bond acceptors (Lipinski definition) is 4. The van der Waals surface area contributed by atoms with Gasteiger partial charge in [0, 0.05) is 17.6 Å². The zero-order chi connectivity index (χ0) is 15.0. The maximum atomic E-state index is 6.07. The standard InChI is InChI=1S/C14H20BClO4/c1-13(2)14(3,4)20-15(19-13)11-8-10(16)6-7-12(11)18-9-17-5/h6-8H,9H2,1-5H3. The van der Waals surface area contributed by atoms with Gasteiger partial charge in [-0.3, -0.25) is 0 Å². The molecule has 0 radical (unpaired) electrons. The summed E-state index contributed by atoms with van der Waals surface area (Å²) >= 11 is 6.07. The molecule has 0 spiro atoms. The lowest BCUT2D eigenvalue weighted by atomic mass is 9.78. The Hall–Kier alpha value is -0.745. The quantitative estimate of drug-likeness (QED) is 0.632. The zero-order valence-electron chi connectivity index (χ0n) is 12.5. The van der Waals surface area contributed by atoms with Gasteiger partial charge in [-0.05, 0) is 45.9 Å². The van der Waals surface area contributed by atoms with E-state index in [1.165, 1.54) is 0 Å². The van der Waals surface area contributed by atoms with Crippen LogP contribution < -0.4 is 10.2 Å². The first-order chi connectivity index (χ1) is 9.27. The maximum absolute atomic E-state index is 6.07. The van der Waals surface area contributed by atoms with E-state index in [4.69, 9.17) is 30.4 Å². The van der Waals surface area contributed by atoms with Crippen LogP contribution in [0, 0.1) is 0 Å². The molecule has 0 N–H and O–H groups in total. The molecule has 2 rings (SSSR count). The Morgan fingerprint density at radius 2 is 1.75 bits per heavy atom. The molecule has 1 aromatic rings. The van der Waals surface area contributed by atoms with Crippen molar-refractivity contribution in [3.8, 4) is 5.75 Å². The maximum Gasteiger partial charge on any atom is 0.498 e. The van der Waals surface area contributed by atoms with Gasteiger partial charge in [-0.25, -0.2) is 0 Å². The lowest BCUT2D eigenvalue weighted by molar-refractivity contribution is 0.00578. The smallest absolute Gasteiger partial charge is 0.468 e. The average molecular weight is 299 g/mol. The molecule has 0 bridgehead atoms. The van der Waals surface area contributed by atoms with Gasteiger partial charge in [-0.1, -0.05) is 11.6 Å². The third kappa shape index (κ3) is 2.96. The summed E-state index contributed by atoms with van der Waals surface area (Å²) in [4.78, 5) is 0. The number of ether oxygens (including phenoxy) is 2. The van der Waals surface area contributed by atoms with E-state index in [1.54, 1.807) is 25.3 Å². The number of rotatable bonds is 4. The lowest BCUT2D eigenvalue weighted by Crippen LogP contribution is -2.41. The van der Waals surface area contributed by atoms with Gasteiger partial charge in [0.2, 0.25) is 0 Å². The van der Waals surface area contributed by atoms with Crippen molar-refractivity contribution in [2.24, 2.45) is 0 Å². The molecule has 1 aliphatic rings. The Balaban J connectivity index is 2.31. The number of hydrogen-bond donors (Lipinski definition) is 0. The van der Waals surface area contributed by atoms with Gasteiger partial charge in [0.15, 0.2) is 6.79 Å². The van der Waals surface area contributed by atoms with Crippen molar-refractivity contribution >= 4 is 24.2 Å². The Morgan fingerprint density at radius 3 is 2.30 bits per heavy atom. The third-order valence-electron chi connectivity index (χ3n) is 3.81. The van der Waals surface area contributed by atoms with Crippen molar-refractivity contribution in [1.82, 2.24) is 0 Å². The molecule has 0 saturated carbocycles. The van der Waals surface area contributed by atoms with E-state index < -0.39 is 18.3 Å². The summed E-state index contributed by atoms with van der Waals surface area (Å²) in [5.74, 6) is 0.648. The molecule has 0 amide bonds. The summed E-state index contributed by atoms with van der Waals surface area (Å²) in [6.07, 6.45) is 0. The Kier molecular flexibility index (Phi) is 4.35. The van der Waals surface area contributed by atoms with Crippen LogP contribution in [0.15, 0.2) is 18.2 Å². The van der Waals surface area contributed by atoms with Crippen LogP contribution in [-0.4, -0.2) is 32.2 Å². The van der Waals surface area contributed by atoms with Crippen LogP contribution in [0.5, 0.6) is 5.75 Å². The molecule has 1 aliphatic heterocycles. The molecule has 110 valence electrons. The van der Waals surface area contributed by atoms with Gasteiger partial charge < -0.3 is 18.8 Å². The fourth-order valence-electron chi connectivity index (χ4n) is 1.93. The highest BCUT2D eigenvalue weighted by Crippen LogP contribution is 2.37. The van der Waals surface area contributed by atoms with E-state index in [9.17, 15) is 0 Å². The molecular weight excluding hydrogens is 278 g/mol. The topological polar surface area (TPSA) is 36.9 Å². The highest BCUT2D eigenvalue weighted by molar-refractivity contribution is 6.63. The van der Waals surface area contributed by atoms with Crippen molar-refractivity contribution in [1.29, 1.82) is 0 Å². The van der Waals surface area contributed by atoms with Crippen LogP contribution in [0.25, 0.3) is 0 Å². The second kappa shape index (κ2) is 5.56. The monoisotopic (exact) mass is 298 g/mol. The summed E-state index contributed by atoms with van der Waals surface area (Å²) < 4.78 is 22.5. The molecule has 1 aromatic carbocycles. The van der Waals surface area contributed by atoms with E-state index in [-0.39, 0.29) is 6.79 Å². The SMILES string of the molecule is COCOc1ccc(Cl)cc1B1OC(C)(C)C(C)(C)O1. The van der Waals surface area contributed by atoms with Gasteiger partial charge in [0.05, 0.1) is 11.2 Å². The molecule has 0 atom stereocenters. The van der Waals surface area contributed by atoms with Crippen molar-refractivity contribution in [3.05, 3.63) is 23.2 Å². The van der Waals surface area contributed by atoms with Crippen LogP contribution >= 0.6 is 11.6 Å². The Morgan fingerprint density at radius 1 is 1.15 bits per heavy atom. The van der Waals surface area contributed by atoms with Gasteiger partial charge in [0.1, 0.15) is 5.75 Å². The average Bonchev–Trinajstić information content (AvgIpc) is 2.57. The van der Waals surface area contributed by atoms with Crippen LogP contribution in [0.4, 0.5) is 0 Å². The highest BCUT2D eigenvalue weighted by Gasteiger charge is 2.52. The molecule has 0 aliphatic carbocycles. The molecule has 0 unspecified atom stereocenters. The van der Waals surface area contributed by atoms with E-state index >= 15 is 0 Å².